The van der Waals surface area contributed by atoms with E-state index in [0.29, 0.717) is 0 Å². The molecule has 1 aromatic carbocycles. The summed E-state index contributed by atoms with van der Waals surface area (Å²) in [5, 5.41) is 5.60. The summed E-state index contributed by atoms with van der Waals surface area (Å²) in [5.41, 5.74) is 2.69. The number of thiophene rings is 1. The molecule has 0 amide bonds. The molecule has 102 valence electrons. The van der Waals surface area contributed by atoms with E-state index < -0.39 is 0 Å². The van der Waals surface area contributed by atoms with Crippen LogP contribution < -0.4 is 10.1 Å². The van der Waals surface area contributed by atoms with E-state index in [4.69, 9.17) is 4.74 Å². The molecule has 1 aromatic heterocycles. The minimum Gasteiger partial charge on any atom is -0.496 e. The fourth-order valence-corrected chi connectivity index (χ4v) is 3.08. The van der Waals surface area contributed by atoms with Crippen molar-refractivity contribution < 1.29 is 4.74 Å². The maximum absolute atomic E-state index is 5.28. The Bertz CT molecular complexity index is 504. The van der Waals surface area contributed by atoms with Gasteiger partial charge in [-0.3, -0.25) is 0 Å². The first-order valence-electron chi connectivity index (χ1n) is 6.73. The molecule has 0 saturated heterocycles. The van der Waals surface area contributed by atoms with Gasteiger partial charge in [0.1, 0.15) is 5.75 Å². The van der Waals surface area contributed by atoms with Gasteiger partial charge in [-0.15, -0.1) is 11.3 Å². The first-order chi connectivity index (χ1) is 9.28. The van der Waals surface area contributed by atoms with Gasteiger partial charge in [0.2, 0.25) is 0 Å². The zero-order valence-corrected chi connectivity index (χ0v) is 12.6. The molecule has 1 N–H and O–H groups in total. The third-order valence-electron chi connectivity index (χ3n) is 3.25. The molecule has 0 aliphatic rings. The summed E-state index contributed by atoms with van der Waals surface area (Å²) in [6, 6.07) is 11.2. The third-order valence-corrected chi connectivity index (χ3v) is 4.22. The quantitative estimate of drug-likeness (QED) is 0.860. The van der Waals surface area contributed by atoms with Crippen molar-refractivity contribution in [3.8, 4) is 5.75 Å². The van der Waals surface area contributed by atoms with Gasteiger partial charge < -0.3 is 10.1 Å². The highest BCUT2D eigenvalue weighted by Crippen LogP contribution is 2.31. The van der Waals surface area contributed by atoms with Gasteiger partial charge in [0.05, 0.1) is 13.2 Å². The lowest BCUT2D eigenvalue weighted by molar-refractivity contribution is 0.416. The van der Waals surface area contributed by atoms with E-state index in [2.05, 4.69) is 54.9 Å². The summed E-state index contributed by atoms with van der Waals surface area (Å²) in [6.07, 6.45) is 1.08. The molecule has 0 bridgehead atoms. The van der Waals surface area contributed by atoms with Gasteiger partial charge in [0, 0.05) is 10.3 Å². The van der Waals surface area contributed by atoms with E-state index in [1.54, 1.807) is 18.4 Å². The van der Waals surface area contributed by atoms with Gasteiger partial charge in [-0.2, -0.15) is 0 Å². The summed E-state index contributed by atoms with van der Waals surface area (Å²) < 4.78 is 5.28. The van der Waals surface area contributed by atoms with Crippen molar-refractivity contribution in [3.05, 3.63) is 51.7 Å². The highest BCUT2D eigenvalue weighted by atomic mass is 32.1. The van der Waals surface area contributed by atoms with E-state index in [0.717, 1.165) is 18.7 Å². The number of ether oxygens (including phenoxy) is 1. The average molecular weight is 275 g/mol. The van der Waals surface area contributed by atoms with Crippen molar-refractivity contribution in [3.63, 3.8) is 0 Å². The topological polar surface area (TPSA) is 21.3 Å². The van der Waals surface area contributed by atoms with Crippen LogP contribution in [0.1, 0.15) is 35.9 Å². The minimum absolute atomic E-state index is 0.254. The summed E-state index contributed by atoms with van der Waals surface area (Å²) in [5.74, 6) is 0.938. The Morgan fingerprint density at radius 2 is 1.95 bits per heavy atom. The number of rotatable bonds is 6. The molecule has 19 heavy (non-hydrogen) atoms. The van der Waals surface area contributed by atoms with Gasteiger partial charge in [-0.1, -0.05) is 38.1 Å². The molecule has 1 heterocycles. The van der Waals surface area contributed by atoms with E-state index >= 15 is 0 Å². The van der Waals surface area contributed by atoms with Crippen LogP contribution in [0.25, 0.3) is 0 Å². The highest BCUT2D eigenvalue weighted by Gasteiger charge is 2.15. The Morgan fingerprint density at radius 3 is 2.47 bits per heavy atom. The number of aryl methyl sites for hydroxylation is 1. The molecule has 3 heteroatoms. The normalized spacial score (nSPS) is 12.4. The zero-order valence-electron chi connectivity index (χ0n) is 11.8. The van der Waals surface area contributed by atoms with Crippen LogP contribution in [-0.2, 0) is 6.42 Å². The van der Waals surface area contributed by atoms with Gasteiger partial charge in [0.25, 0.3) is 0 Å². The Labute approximate surface area is 119 Å². The molecule has 2 aromatic rings. The number of nitrogens with one attached hydrogen (secondary N) is 1. The second-order valence-corrected chi connectivity index (χ2v) is 5.42. The predicted molar refractivity (Wildman–Crippen MR) is 82.2 cm³/mol. The number of benzene rings is 1. The number of methoxy groups -OCH3 is 1. The van der Waals surface area contributed by atoms with Crippen LogP contribution in [0, 0.1) is 0 Å². The number of hydrogen-bond acceptors (Lipinski definition) is 3. The summed E-state index contributed by atoms with van der Waals surface area (Å²) in [7, 11) is 1.71. The second-order valence-electron chi connectivity index (χ2n) is 4.47. The molecule has 0 aliphatic heterocycles. The van der Waals surface area contributed by atoms with E-state index in [1.807, 2.05) is 0 Å². The third kappa shape index (κ3) is 3.37. The van der Waals surface area contributed by atoms with Gasteiger partial charge >= 0.3 is 0 Å². The predicted octanol–water partition coefficient (Wildman–Crippen LogP) is 4.02. The molecule has 0 aliphatic carbocycles. The van der Waals surface area contributed by atoms with Crippen LogP contribution in [0.15, 0.2) is 35.7 Å². The smallest absolute Gasteiger partial charge is 0.129 e. The molecular formula is C16H21NOS. The molecule has 0 radical (unpaired) electrons. The summed E-state index contributed by atoms with van der Waals surface area (Å²) >= 11 is 1.74. The lowest BCUT2D eigenvalue weighted by atomic mass is 10.0. The molecule has 1 atom stereocenters. The van der Waals surface area contributed by atoms with Crippen LogP contribution in [0.3, 0.4) is 0 Å². The van der Waals surface area contributed by atoms with Crippen molar-refractivity contribution in [2.24, 2.45) is 0 Å². The van der Waals surface area contributed by atoms with Crippen LogP contribution in [-0.4, -0.2) is 13.7 Å². The molecule has 2 rings (SSSR count). The Morgan fingerprint density at radius 1 is 1.21 bits per heavy atom. The summed E-state index contributed by atoms with van der Waals surface area (Å²) in [6.45, 7) is 5.26. The fraction of sp³-hybridized carbons (Fsp3) is 0.375. The molecule has 0 spiro atoms. The van der Waals surface area contributed by atoms with E-state index in [1.165, 1.54) is 16.0 Å². The molecule has 2 nitrogen and oxygen atoms in total. The highest BCUT2D eigenvalue weighted by molar-refractivity contribution is 7.10. The summed E-state index contributed by atoms with van der Waals surface area (Å²) in [4.78, 5) is 1.29. The molecule has 1 unspecified atom stereocenters. The lowest BCUT2D eigenvalue weighted by Gasteiger charge is -2.17. The van der Waals surface area contributed by atoms with Crippen molar-refractivity contribution >= 4 is 11.3 Å². The monoisotopic (exact) mass is 275 g/mol. The van der Waals surface area contributed by atoms with Crippen molar-refractivity contribution in [1.82, 2.24) is 5.32 Å². The van der Waals surface area contributed by atoms with Crippen molar-refractivity contribution in [2.45, 2.75) is 26.3 Å². The second kappa shape index (κ2) is 6.73. The fourth-order valence-electron chi connectivity index (χ4n) is 2.13. The largest absolute Gasteiger partial charge is 0.496 e. The average Bonchev–Trinajstić information content (AvgIpc) is 2.93. The van der Waals surface area contributed by atoms with Gasteiger partial charge in [-0.25, -0.2) is 0 Å². The Balaban J connectivity index is 2.27. The van der Waals surface area contributed by atoms with Crippen LogP contribution in [0.5, 0.6) is 5.75 Å². The van der Waals surface area contributed by atoms with Crippen LogP contribution >= 0.6 is 11.3 Å². The maximum Gasteiger partial charge on any atom is 0.129 e. The maximum atomic E-state index is 5.28. The minimum atomic E-state index is 0.254. The molecule has 0 fully saturated rings. The van der Waals surface area contributed by atoms with Crippen molar-refractivity contribution in [1.29, 1.82) is 0 Å². The SMILES string of the molecule is CCNC(c1ccc(CC)cc1)c1cc(OC)cs1. The Hall–Kier alpha value is -1.32. The molecular weight excluding hydrogens is 254 g/mol. The van der Waals surface area contributed by atoms with Gasteiger partial charge in [0.15, 0.2) is 0 Å². The zero-order chi connectivity index (χ0) is 13.7. The standard InChI is InChI=1S/C16H21NOS/c1-4-12-6-8-13(9-7-12)16(17-5-2)15-10-14(18-3)11-19-15/h6-11,16-17H,4-5H2,1-3H3. The lowest BCUT2D eigenvalue weighted by Crippen LogP contribution is -2.21. The van der Waals surface area contributed by atoms with Gasteiger partial charge in [-0.05, 0) is 30.2 Å². The van der Waals surface area contributed by atoms with E-state index in [9.17, 15) is 0 Å². The van der Waals surface area contributed by atoms with Crippen molar-refractivity contribution in [2.75, 3.05) is 13.7 Å². The Kier molecular flexibility index (Phi) is 5.00. The first-order valence-corrected chi connectivity index (χ1v) is 7.61. The first kappa shape index (κ1) is 14.1. The van der Waals surface area contributed by atoms with E-state index in [-0.39, 0.29) is 6.04 Å². The van der Waals surface area contributed by atoms with Crippen LogP contribution in [0.4, 0.5) is 0 Å². The van der Waals surface area contributed by atoms with Crippen LogP contribution in [0.2, 0.25) is 0 Å². The number of hydrogen-bond donors (Lipinski definition) is 1. The molecule has 0 saturated carbocycles.